The van der Waals surface area contributed by atoms with Gasteiger partial charge in [-0.25, -0.2) is 0 Å². The van der Waals surface area contributed by atoms with Gasteiger partial charge in [-0.15, -0.1) is 0 Å². The van der Waals surface area contributed by atoms with Gasteiger partial charge in [0.1, 0.15) is 0 Å². The average molecular weight is 257 g/mol. The third kappa shape index (κ3) is 2.16. The van der Waals surface area contributed by atoms with Gasteiger partial charge in [-0.1, -0.05) is 32.0 Å². The van der Waals surface area contributed by atoms with Crippen LogP contribution in [0.3, 0.4) is 0 Å². The van der Waals surface area contributed by atoms with Crippen molar-refractivity contribution in [3.05, 3.63) is 30.0 Å². The normalized spacial score (nSPS) is 22.6. The number of hydrogen-bond acceptors (Lipinski definition) is 2. The number of rotatable bonds is 4. The highest BCUT2D eigenvalue weighted by Gasteiger charge is 2.49. The molecule has 1 aliphatic rings. The summed E-state index contributed by atoms with van der Waals surface area (Å²) in [4.78, 5) is 0. The maximum atomic E-state index is 4.71. The lowest BCUT2D eigenvalue weighted by Gasteiger charge is -2.17. The van der Waals surface area contributed by atoms with Crippen LogP contribution in [0.5, 0.6) is 0 Å². The fourth-order valence-corrected chi connectivity index (χ4v) is 3.29. The highest BCUT2D eigenvalue weighted by molar-refractivity contribution is 5.81. The topological polar surface area (TPSA) is 29.9 Å². The van der Waals surface area contributed by atoms with E-state index in [2.05, 4.69) is 50.5 Å². The van der Waals surface area contributed by atoms with Crippen LogP contribution >= 0.6 is 0 Å². The fraction of sp³-hybridized carbons (Fsp3) is 0.562. The molecule has 0 bridgehead atoms. The van der Waals surface area contributed by atoms with E-state index in [1.54, 1.807) is 0 Å². The van der Waals surface area contributed by atoms with Gasteiger partial charge >= 0.3 is 0 Å². The van der Waals surface area contributed by atoms with Crippen molar-refractivity contribution in [1.82, 2.24) is 15.1 Å². The van der Waals surface area contributed by atoms with E-state index in [9.17, 15) is 0 Å². The SMILES string of the molecule is CNC(Cc1nn(C)c2ccccc12)C1CC1(C)C. The van der Waals surface area contributed by atoms with Crippen molar-refractivity contribution < 1.29 is 0 Å². The van der Waals surface area contributed by atoms with E-state index >= 15 is 0 Å². The number of nitrogens with zero attached hydrogens (tertiary/aromatic N) is 2. The molecule has 1 heterocycles. The molecular weight excluding hydrogens is 234 g/mol. The Bertz CT molecular complexity index is 597. The molecule has 0 saturated heterocycles. The van der Waals surface area contributed by atoms with E-state index in [0.717, 1.165) is 12.3 Å². The van der Waals surface area contributed by atoms with Crippen LogP contribution in [0.4, 0.5) is 0 Å². The zero-order valence-corrected chi connectivity index (χ0v) is 12.3. The first-order valence-corrected chi connectivity index (χ1v) is 7.11. The number of fused-ring (bicyclic) bond motifs is 1. The Hall–Kier alpha value is -1.35. The molecule has 19 heavy (non-hydrogen) atoms. The Balaban J connectivity index is 1.89. The van der Waals surface area contributed by atoms with Crippen LogP contribution in [-0.4, -0.2) is 22.9 Å². The maximum absolute atomic E-state index is 4.71. The Labute approximate surface area is 115 Å². The number of likely N-dealkylation sites (N-methyl/N-ethyl adjacent to an activating group) is 1. The molecule has 3 rings (SSSR count). The van der Waals surface area contributed by atoms with Crippen LogP contribution in [-0.2, 0) is 13.5 Å². The molecule has 3 heteroatoms. The lowest BCUT2D eigenvalue weighted by atomic mass is 9.99. The molecule has 2 unspecified atom stereocenters. The summed E-state index contributed by atoms with van der Waals surface area (Å²) in [7, 11) is 4.10. The second kappa shape index (κ2) is 4.34. The van der Waals surface area contributed by atoms with E-state index in [0.29, 0.717) is 11.5 Å². The first-order valence-electron chi connectivity index (χ1n) is 7.11. The molecule has 0 spiro atoms. The molecule has 1 fully saturated rings. The Morgan fingerprint density at radius 3 is 2.74 bits per heavy atom. The molecule has 1 saturated carbocycles. The fourth-order valence-electron chi connectivity index (χ4n) is 3.29. The number of benzene rings is 1. The lowest BCUT2D eigenvalue weighted by Crippen LogP contribution is -2.31. The predicted molar refractivity (Wildman–Crippen MR) is 79.2 cm³/mol. The second-order valence-corrected chi connectivity index (χ2v) is 6.49. The van der Waals surface area contributed by atoms with Crippen molar-refractivity contribution in [2.75, 3.05) is 7.05 Å². The summed E-state index contributed by atoms with van der Waals surface area (Å²) in [6, 6.07) is 9.04. The smallest absolute Gasteiger partial charge is 0.0718 e. The summed E-state index contributed by atoms with van der Waals surface area (Å²) in [5.41, 5.74) is 2.95. The van der Waals surface area contributed by atoms with E-state index in [1.165, 1.54) is 23.0 Å². The van der Waals surface area contributed by atoms with E-state index in [4.69, 9.17) is 5.10 Å². The van der Waals surface area contributed by atoms with Gasteiger partial charge in [0.2, 0.25) is 0 Å². The van der Waals surface area contributed by atoms with Gasteiger partial charge < -0.3 is 5.32 Å². The number of aryl methyl sites for hydroxylation is 1. The highest BCUT2D eigenvalue weighted by Crippen LogP contribution is 2.54. The second-order valence-electron chi connectivity index (χ2n) is 6.49. The van der Waals surface area contributed by atoms with E-state index < -0.39 is 0 Å². The number of nitrogens with one attached hydrogen (secondary N) is 1. The molecule has 102 valence electrons. The van der Waals surface area contributed by atoms with Crippen LogP contribution in [0.1, 0.15) is 26.0 Å². The van der Waals surface area contributed by atoms with Crippen molar-refractivity contribution in [3.8, 4) is 0 Å². The summed E-state index contributed by atoms with van der Waals surface area (Å²) < 4.78 is 2.00. The van der Waals surface area contributed by atoms with Gasteiger partial charge in [0.25, 0.3) is 0 Å². The third-order valence-electron chi connectivity index (χ3n) is 4.69. The maximum Gasteiger partial charge on any atom is 0.0718 e. The van der Waals surface area contributed by atoms with Crippen molar-refractivity contribution in [3.63, 3.8) is 0 Å². The summed E-state index contributed by atoms with van der Waals surface area (Å²) in [5, 5.41) is 9.50. The molecule has 2 atom stereocenters. The molecule has 1 aliphatic carbocycles. The Morgan fingerprint density at radius 1 is 1.42 bits per heavy atom. The third-order valence-corrected chi connectivity index (χ3v) is 4.69. The number of aromatic nitrogens is 2. The van der Waals surface area contributed by atoms with Crippen molar-refractivity contribution in [1.29, 1.82) is 0 Å². The van der Waals surface area contributed by atoms with Crippen LogP contribution < -0.4 is 5.32 Å². The summed E-state index contributed by atoms with van der Waals surface area (Å²) in [6.45, 7) is 4.72. The van der Waals surface area contributed by atoms with Gasteiger partial charge in [0, 0.05) is 24.9 Å². The van der Waals surface area contributed by atoms with Gasteiger partial charge in [-0.05, 0) is 30.9 Å². The molecule has 0 amide bonds. The zero-order chi connectivity index (χ0) is 13.6. The predicted octanol–water partition coefficient (Wildman–Crippen LogP) is 2.75. The zero-order valence-electron chi connectivity index (χ0n) is 12.3. The average Bonchev–Trinajstić information content (AvgIpc) is 2.90. The number of hydrogen-bond donors (Lipinski definition) is 1. The quantitative estimate of drug-likeness (QED) is 0.912. The van der Waals surface area contributed by atoms with Crippen molar-refractivity contribution in [2.24, 2.45) is 18.4 Å². The van der Waals surface area contributed by atoms with E-state index in [1.807, 2.05) is 11.7 Å². The minimum absolute atomic E-state index is 0.498. The molecule has 0 aliphatic heterocycles. The first kappa shape index (κ1) is 12.7. The Kier molecular flexibility index (Phi) is 2.90. The first-order chi connectivity index (χ1) is 9.03. The molecule has 1 N–H and O–H groups in total. The largest absolute Gasteiger partial charge is 0.316 e. The minimum Gasteiger partial charge on any atom is -0.316 e. The van der Waals surface area contributed by atoms with Crippen LogP contribution in [0, 0.1) is 11.3 Å². The minimum atomic E-state index is 0.498. The van der Waals surface area contributed by atoms with Crippen LogP contribution in [0.15, 0.2) is 24.3 Å². The van der Waals surface area contributed by atoms with Gasteiger partial charge in [-0.3, -0.25) is 4.68 Å². The molecule has 3 nitrogen and oxygen atoms in total. The van der Waals surface area contributed by atoms with Crippen molar-refractivity contribution in [2.45, 2.75) is 32.7 Å². The highest BCUT2D eigenvalue weighted by atomic mass is 15.3. The number of para-hydroxylation sites is 1. The van der Waals surface area contributed by atoms with E-state index in [-0.39, 0.29) is 0 Å². The molecule has 1 aromatic carbocycles. The standard InChI is InChI=1S/C16H23N3/c1-16(2)10-12(16)14(17-3)9-13-11-7-5-6-8-15(11)19(4)18-13/h5-8,12,14,17H,9-10H2,1-4H3. The summed E-state index contributed by atoms with van der Waals surface area (Å²) in [6.07, 6.45) is 2.34. The van der Waals surface area contributed by atoms with Gasteiger partial charge in [-0.2, -0.15) is 5.10 Å². The Morgan fingerprint density at radius 2 is 2.11 bits per heavy atom. The van der Waals surface area contributed by atoms with Crippen LogP contribution in [0.25, 0.3) is 10.9 Å². The van der Waals surface area contributed by atoms with Crippen LogP contribution in [0.2, 0.25) is 0 Å². The molecule has 0 radical (unpaired) electrons. The van der Waals surface area contributed by atoms with Crippen molar-refractivity contribution >= 4 is 10.9 Å². The summed E-state index contributed by atoms with van der Waals surface area (Å²) >= 11 is 0. The van der Waals surface area contributed by atoms with Gasteiger partial charge in [0.05, 0.1) is 11.2 Å². The van der Waals surface area contributed by atoms with Gasteiger partial charge in [0.15, 0.2) is 0 Å². The molecule has 2 aromatic rings. The lowest BCUT2D eigenvalue weighted by molar-refractivity contribution is 0.423. The molecule has 1 aromatic heterocycles. The molecular formula is C16H23N3. The monoisotopic (exact) mass is 257 g/mol. The summed E-state index contributed by atoms with van der Waals surface area (Å²) in [5.74, 6) is 0.776.